The van der Waals surface area contributed by atoms with E-state index < -0.39 is 0 Å². The smallest absolute Gasteiger partial charge is 0.124 e. The fourth-order valence-electron chi connectivity index (χ4n) is 1.27. The van der Waals surface area contributed by atoms with E-state index in [1.54, 1.807) is 6.07 Å². The van der Waals surface area contributed by atoms with Gasteiger partial charge in [0, 0.05) is 11.6 Å². The first kappa shape index (κ1) is 13.4. The summed E-state index contributed by atoms with van der Waals surface area (Å²) in [5, 5.41) is 0.419. The van der Waals surface area contributed by atoms with Crippen LogP contribution in [0.3, 0.4) is 0 Å². The normalized spacial score (nSPS) is 12.8. The number of likely N-dealkylation sites (N-methyl/N-ethyl adjacent to an activating group) is 1. The predicted octanol–water partition coefficient (Wildman–Crippen LogP) is 2.59. The summed E-state index contributed by atoms with van der Waals surface area (Å²) in [5.41, 5.74) is 6.40. The summed E-state index contributed by atoms with van der Waals surface area (Å²) < 4.78 is 12.8. The Balaban J connectivity index is 2.77. The molecule has 0 fully saturated rings. The fraction of sp³-hybridized carbons (Fsp3) is 0.364. The van der Waals surface area contributed by atoms with Gasteiger partial charge in [-0.25, -0.2) is 4.39 Å². The van der Waals surface area contributed by atoms with E-state index >= 15 is 0 Å². The lowest BCUT2D eigenvalue weighted by molar-refractivity contribution is 0.304. The zero-order valence-electron chi connectivity index (χ0n) is 9.21. The highest BCUT2D eigenvalue weighted by Crippen LogP contribution is 2.19. The van der Waals surface area contributed by atoms with Gasteiger partial charge in [0.1, 0.15) is 5.82 Å². The molecule has 0 aromatic heterocycles. The zero-order valence-corrected chi connectivity index (χ0v) is 10.8. The molecule has 2 nitrogen and oxygen atoms in total. The van der Waals surface area contributed by atoms with Crippen LogP contribution in [0.25, 0.3) is 0 Å². The van der Waals surface area contributed by atoms with E-state index in [4.69, 9.17) is 29.6 Å². The number of rotatable bonds is 4. The number of hydrogen-bond acceptors (Lipinski definition) is 2. The minimum Gasteiger partial charge on any atom is -0.392 e. The van der Waals surface area contributed by atoms with Gasteiger partial charge >= 0.3 is 0 Å². The molecule has 0 radical (unpaired) electrons. The van der Waals surface area contributed by atoms with Crippen molar-refractivity contribution in [3.63, 3.8) is 0 Å². The minimum atomic E-state index is -0.334. The number of halogens is 2. The Kier molecular flexibility index (Phi) is 4.65. The number of nitrogens with zero attached hydrogens (tertiary/aromatic N) is 1. The van der Waals surface area contributed by atoms with Gasteiger partial charge in [-0.05, 0) is 31.7 Å². The number of hydrogen-bond donors (Lipinski definition) is 1. The standard InChI is InChI=1S/C11H14ClFN2S/c1-7(11(14)16)15(2)6-8-3-4-9(13)5-10(8)12/h3-5,7H,6H2,1-2H3,(H2,14,16). The highest BCUT2D eigenvalue weighted by atomic mass is 35.5. The van der Waals surface area contributed by atoms with Gasteiger partial charge in [-0.15, -0.1) is 0 Å². The third-order valence-electron chi connectivity index (χ3n) is 2.51. The van der Waals surface area contributed by atoms with Crippen molar-refractivity contribution in [3.05, 3.63) is 34.6 Å². The summed E-state index contributed by atoms with van der Waals surface area (Å²) in [6, 6.07) is 4.34. The molecule has 0 aliphatic carbocycles. The van der Waals surface area contributed by atoms with Crippen LogP contribution in [0.5, 0.6) is 0 Å². The molecule has 0 aliphatic heterocycles. The van der Waals surface area contributed by atoms with Crippen LogP contribution in [-0.2, 0) is 6.54 Å². The van der Waals surface area contributed by atoms with Gasteiger partial charge in [0.2, 0.25) is 0 Å². The summed E-state index contributed by atoms with van der Waals surface area (Å²) in [6.45, 7) is 2.50. The molecule has 0 amide bonds. The molecular weight excluding hydrogens is 247 g/mol. The van der Waals surface area contributed by atoms with E-state index in [0.29, 0.717) is 16.6 Å². The van der Waals surface area contributed by atoms with Crippen molar-refractivity contribution >= 4 is 28.8 Å². The Morgan fingerprint density at radius 1 is 1.62 bits per heavy atom. The van der Waals surface area contributed by atoms with Crippen LogP contribution in [0.1, 0.15) is 12.5 Å². The Labute approximate surface area is 105 Å². The molecule has 0 heterocycles. The minimum absolute atomic E-state index is 0.0175. The first-order valence-corrected chi connectivity index (χ1v) is 5.64. The van der Waals surface area contributed by atoms with E-state index in [9.17, 15) is 4.39 Å². The topological polar surface area (TPSA) is 29.3 Å². The molecule has 0 bridgehead atoms. The van der Waals surface area contributed by atoms with Crippen LogP contribution in [0.2, 0.25) is 5.02 Å². The van der Waals surface area contributed by atoms with E-state index in [-0.39, 0.29) is 11.9 Å². The molecule has 88 valence electrons. The fourth-order valence-corrected chi connectivity index (χ4v) is 1.68. The maximum absolute atomic E-state index is 12.8. The Hall–Kier alpha value is -0.710. The summed E-state index contributed by atoms with van der Waals surface area (Å²) >= 11 is 10.8. The second kappa shape index (κ2) is 5.57. The first-order valence-electron chi connectivity index (χ1n) is 4.85. The highest BCUT2D eigenvalue weighted by Gasteiger charge is 2.13. The van der Waals surface area contributed by atoms with E-state index in [1.807, 2.05) is 18.9 Å². The van der Waals surface area contributed by atoms with Crippen LogP contribution in [-0.4, -0.2) is 23.0 Å². The molecule has 1 aromatic rings. The Morgan fingerprint density at radius 2 is 2.25 bits per heavy atom. The third kappa shape index (κ3) is 3.40. The number of benzene rings is 1. The van der Waals surface area contributed by atoms with Crippen LogP contribution in [0.15, 0.2) is 18.2 Å². The van der Waals surface area contributed by atoms with Crippen LogP contribution in [0.4, 0.5) is 4.39 Å². The van der Waals surface area contributed by atoms with Crippen LogP contribution >= 0.6 is 23.8 Å². The predicted molar refractivity (Wildman–Crippen MR) is 69.1 cm³/mol. The van der Waals surface area contributed by atoms with Crippen molar-refractivity contribution in [3.8, 4) is 0 Å². The van der Waals surface area contributed by atoms with E-state index in [1.165, 1.54) is 12.1 Å². The molecule has 1 rings (SSSR count). The average Bonchev–Trinajstić information content (AvgIpc) is 2.20. The maximum atomic E-state index is 12.8. The largest absolute Gasteiger partial charge is 0.392 e. The van der Waals surface area contributed by atoms with Crippen molar-refractivity contribution in [1.29, 1.82) is 0 Å². The monoisotopic (exact) mass is 260 g/mol. The second-order valence-electron chi connectivity index (χ2n) is 3.73. The van der Waals surface area contributed by atoms with Gasteiger partial charge in [-0.2, -0.15) is 0 Å². The third-order valence-corrected chi connectivity index (χ3v) is 3.20. The van der Waals surface area contributed by atoms with Gasteiger partial charge in [0.15, 0.2) is 0 Å². The molecule has 16 heavy (non-hydrogen) atoms. The van der Waals surface area contributed by atoms with Crippen molar-refractivity contribution in [1.82, 2.24) is 4.90 Å². The van der Waals surface area contributed by atoms with E-state index in [2.05, 4.69) is 0 Å². The molecule has 0 saturated heterocycles. The van der Waals surface area contributed by atoms with E-state index in [0.717, 1.165) is 5.56 Å². The number of nitrogens with two attached hydrogens (primary N) is 1. The lowest BCUT2D eigenvalue weighted by Crippen LogP contribution is -2.38. The van der Waals surface area contributed by atoms with Gasteiger partial charge in [0.25, 0.3) is 0 Å². The molecule has 0 saturated carbocycles. The average molecular weight is 261 g/mol. The van der Waals surface area contributed by atoms with Gasteiger partial charge in [-0.3, -0.25) is 4.90 Å². The molecule has 0 spiro atoms. The first-order chi connectivity index (χ1) is 7.41. The second-order valence-corrected chi connectivity index (χ2v) is 4.61. The molecular formula is C11H14ClFN2S. The Morgan fingerprint density at radius 3 is 2.75 bits per heavy atom. The quantitative estimate of drug-likeness (QED) is 0.844. The molecule has 0 aliphatic rings. The summed E-state index contributed by atoms with van der Waals surface area (Å²) in [4.78, 5) is 2.39. The van der Waals surface area contributed by atoms with Crippen molar-refractivity contribution in [2.75, 3.05) is 7.05 Å². The number of thiocarbonyl (C=S) groups is 1. The zero-order chi connectivity index (χ0) is 12.3. The summed E-state index contributed by atoms with van der Waals surface area (Å²) in [6.07, 6.45) is 0. The van der Waals surface area contributed by atoms with Crippen LogP contribution in [0, 0.1) is 5.82 Å². The lowest BCUT2D eigenvalue weighted by Gasteiger charge is -2.24. The lowest BCUT2D eigenvalue weighted by atomic mass is 10.2. The molecule has 1 unspecified atom stereocenters. The van der Waals surface area contributed by atoms with Gasteiger partial charge in [-0.1, -0.05) is 29.9 Å². The SMILES string of the molecule is CC(C(N)=S)N(C)Cc1ccc(F)cc1Cl. The Bertz CT molecular complexity index is 398. The molecule has 2 N–H and O–H groups in total. The maximum Gasteiger partial charge on any atom is 0.124 e. The molecule has 1 atom stereocenters. The van der Waals surface area contributed by atoms with Gasteiger partial charge < -0.3 is 5.73 Å². The summed E-state index contributed by atoms with van der Waals surface area (Å²) in [7, 11) is 1.89. The molecule has 1 aromatic carbocycles. The van der Waals surface area contributed by atoms with Crippen molar-refractivity contribution in [2.24, 2.45) is 5.73 Å². The highest BCUT2D eigenvalue weighted by molar-refractivity contribution is 7.80. The van der Waals surface area contributed by atoms with Crippen molar-refractivity contribution < 1.29 is 4.39 Å². The molecule has 5 heteroatoms. The van der Waals surface area contributed by atoms with Crippen LogP contribution < -0.4 is 5.73 Å². The van der Waals surface area contributed by atoms with Gasteiger partial charge in [0.05, 0.1) is 11.0 Å². The van der Waals surface area contributed by atoms with Crippen molar-refractivity contribution in [2.45, 2.75) is 19.5 Å². The summed E-state index contributed by atoms with van der Waals surface area (Å²) in [5.74, 6) is -0.334.